The summed E-state index contributed by atoms with van der Waals surface area (Å²) in [5, 5.41) is 33.0. The molecule has 0 unspecified atom stereocenters. The van der Waals surface area contributed by atoms with Gasteiger partial charge >= 0.3 is 5.91 Å². The molecule has 144 valence electrons. The Bertz CT molecular complexity index is 1240. The third-order valence-corrected chi connectivity index (χ3v) is 4.39. The second-order valence-corrected chi connectivity index (χ2v) is 6.24. The lowest BCUT2D eigenvalue weighted by molar-refractivity contribution is 0.0987. The van der Waals surface area contributed by atoms with Crippen LogP contribution >= 0.6 is 0 Å². The Labute approximate surface area is 165 Å². The molecule has 2 aromatic heterocycles. The van der Waals surface area contributed by atoms with Gasteiger partial charge in [0.15, 0.2) is 17.1 Å². The van der Waals surface area contributed by atoms with E-state index in [1.165, 1.54) is 10.9 Å². The van der Waals surface area contributed by atoms with Gasteiger partial charge in [0, 0.05) is 11.9 Å². The number of azo groups is 1. The molecule has 1 amide bonds. The van der Waals surface area contributed by atoms with Gasteiger partial charge in [-0.2, -0.15) is 5.10 Å². The molecule has 0 aliphatic rings. The highest BCUT2D eigenvalue weighted by Crippen LogP contribution is 2.38. The Kier molecular flexibility index (Phi) is 4.66. The van der Waals surface area contributed by atoms with Crippen molar-refractivity contribution in [1.29, 1.82) is 0 Å². The molecule has 2 heterocycles. The molecule has 8 heteroatoms. The minimum absolute atomic E-state index is 0.123. The monoisotopic (exact) mass is 387 g/mol. The zero-order chi connectivity index (χ0) is 20.4. The fourth-order valence-electron chi connectivity index (χ4n) is 3.06. The number of allylic oxidation sites excluding steroid dienone is 1. The summed E-state index contributed by atoms with van der Waals surface area (Å²) in [6.45, 7) is 4.06. The normalized spacial score (nSPS) is 11.3. The molecule has 0 aliphatic heterocycles. The Morgan fingerprint density at radius 3 is 2.59 bits per heavy atom. The molecule has 4 rings (SSSR count). The number of aromatic nitrogens is 3. The number of benzene rings is 2. The van der Waals surface area contributed by atoms with Gasteiger partial charge in [0.25, 0.3) is 0 Å². The lowest BCUT2D eigenvalue weighted by Crippen LogP contribution is -1.99. The number of carbonyl (C=O) groups excluding carboxylic acids is 1. The number of amides is 1. The summed E-state index contributed by atoms with van der Waals surface area (Å²) in [5.74, 6) is -1.25. The van der Waals surface area contributed by atoms with Crippen LogP contribution in [0.25, 0.3) is 16.6 Å². The summed E-state index contributed by atoms with van der Waals surface area (Å²) in [7, 11) is 0. The molecule has 8 nitrogen and oxygen atoms in total. The smallest absolute Gasteiger partial charge is 0.319 e. The highest BCUT2D eigenvalue weighted by atomic mass is 16.3. The molecule has 0 fully saturated rings. The highest BCUT2D eigenvalue weighted by Gasteiger charge is 2.19. The van der Waals surface area contributed by atoms with Crippen molar-refractivity contribution in [2.24, 2.45) is 10.2 Å². The largest absolute Gasteiger partial charge is 0.504 e. The fraction of sp³-hybridized carbons (Fsp3) is 0.0476. The highest BCUT2D eigenvalue weighted by molar-refractivity contribution is 5.97. The van der Waals surface area contributed by atoms with Gasteiger partial charge in [-0.3, -0.25) is 4.79 Å². The fourth-order valence-corrected chi connectivity index (χ4v) is 3.06. The van der Waals surface area contributed by atoms with E-state index in [-0.39, 0.29) is 23.0 Å². The van der Waals surface area contributed by atoms with Crippen molar-refractivity contribution >= 4 is 22.5 Å². The molecule has 0 radical (unpaired) electrons. The Hall–Kier alpha value is -4.20. The molecule has 29 heavy (non-hydrogen) atoms. The van der Waals surface area contributed by atoms with Gasteiger partial charge in [0.05, 0.1) is 17.4 Å². The molecule has 4 aromatic rings. The second-order valence-electron chi connectivity index (χ2n) is 6.24. The van der Waals surface area contributed by atoms with Gasteiger partial charge in [-0.1, -0.05) is 42.5 Å². The molecule has 0 saturated carbocycles. The average molecular weight is 387 g/mol. The molecular formula is C21H17N5O3. The molecule has 0 aliphatic carbocycles. The number of rotatable bonds is 5. The quantitative estimate of drug-likeness (QED) is 0.392. The lowest BCUT2D eigenvalue weighted by Gasteiger charge is -2.01. The minimum atomic E-state index is -0.822. The maximum Gasteiger partial charge on any atom is 0.319 e. The number of carbonyl (C=O) groups is 1. The van der Waals surface area contributed by atoms with E-state index < -0.39 is 5.91 Å². The molecule has 2 aromatic carbocycles. The topological polar surface area (TPSA) is 105 Å². The SMILES string of the molecule is C=CCn1c(O)c(N=NC(=O)c2nn(-c3ccccc3)cc2O)c2ccccc21. The van der Waals surface area contributed by atoms with Crippen molar-refractivity contribution in [3.05, 3.63) is 79.1 Å². The van der Waals surface area contributed by atoms with E-state index in [1.807, 2.05) is 30.3 Å². The van der Waals surface area contributed by atoms with E-state index in [0.29, 0.717) is 17.6 Å². The number of para-hydroxylation sites is 2. The molecular weight excluding hydrogens is 370 g/mol. The van der Waals surface area contributed by atoms with Crippen LogP contribution in [0.15, 0.2) is 83.7 Å². The van der Waals surface area contributed by atoms with Crippen LogP contribution in [0, 0.1) is 0 Å². The maximum absolute atomic E-state index is 12.5. The Morgan fingerprint density at radius 1 is 1.10 bits per heavy atom. The van der Waals surface area contributed by atoms with Gasteiger partial charge in [0.1, 0.15) is 0 Å². The van der Waals surface area contributed by atoms with E-state index in [0.717, 1.165) is 5.52 Å². The molecule has 2 N–H and O–H groups in total. The van der Waals surface area contributed by atoms with Crippen molar-refractivity contribution in [3.63, 3.8) is 0 Å². The number of fused-ring (bicyclic) bond motifs is 1. The minimum Gasteiger partial charge on any atom is -0.504 e. The average Bonchev–Trinajstić information content (AvgIpc) is 3.26. The van der Waals surface area contributed by atoms with Gasteiger partial charge in [-0.15, -0.1) is 16.8 Å². The van der Waals surface area contributed by atoms with Crippen LogP contribution in [0.1, 0.15) is 10.5 Å². The molecule has 0 saturated heterocycles. The van der Waals surface area contributed by atoms with Crippen molar-refractivity contribution in [2.45, 2.75) is 6.54 Å². The van der Waals surface area contributed by atoms with Gasteiger partial charge < -0.3 is 14.8 Å². The Balaban J connectivity index is 1.69. The van der Waals surface area contributed by atoms with E-state index in [2.05, 4.69) is 21.9 Å². The van der Waals surface area contributed by atoms with Crippen LogP contribution in [0.2, 0.25) is 0 Å². The first-order chi connectivity index (χ1) is 14.1. The first kappa shape index (κ1) is 18.2. The number of nitrogens with zero attached hydrogens (tertiary/aromatic N) is 5. The second kappa shape index (κ2) is 7.43. The summed E-state index contributed by atoms with van der Waals surface area (Å²) in [6, 6.07) is 16.3. The van der Waals surface area contributed by atoms with E-state index in [4.69, 9.17) is 0 Å². The summed E-state index contributed by atoms with van der Waals surface area (Å²) in [5.41, 5.74) is 1.36. The number of hydrogen-bond acceptors (Lipinski definition) is 5. The number of aromatic hydroxyl groups is 2. The molecule has 0 bridgehead atoms. The van der Waals surface area contributed by atoms with Crippen molar-refractivity contribution in [2.75, 3.05) is 0 Å². The van der Waals surface area contributed by atoms with Crippen LogP contribution in [0.5, 0.6) is 11.6 Å². The van der Waals surface area contributed by atoms with Crippen molar-refractivity contribution < 1.29 is 15.0 Å². The van der Waals surface area contributed by atoms with Gasteiger partial charge in [-0.05, 0) is 18.2 Å². The van der Waals surface area contributed by atoms with Gasteiger partial charge in [0.2, 0.25) is 5.88 Å². The number of hydrogen-bond donors (Lipinski definition) is 2. The maximum atomic E-state index is 12.5. The lowest BCUT2D eigenvalue weighted by atomic mass is 10.2. The standard InChI is InChI=1S/C21H17N5O3/c1-2-12-25-16-11-7-6-10-15(16)18(21(25)29)22-23-20(28)19-17(27)13-26(24-19)14-8-4-3-5-9-14/h2-11,13,27,29H,1,12H2. The predicted octanol–water partition coefficient (Wildman–Crippen LogP) is 4.35. The summed E-state index contributed by atoms with van der Waals surface area (Å²) >= 11 is 0. The van der Waals surface area contributed by atoms with Crippen molar-refractivity contribution in [3.8, 4) is 17.3 Å². The summed E-state index contributed by atoms with van der Waals surface area (Å²) in [4.78, 5) is 12.5. The van der Waals surface area contributed by atoms with Crippen LogP contribution in [-0.2, 0) is 6.54 Å². The summed E-state index contributed by atoms with van der Waals surface area (Å²) in [6.07, 6.45) is 2.97. The zero-order valence-corrected chi connectivity index (χ0v) is 15.3. The first-order valence-electron chi connectivity index (χ1n) is 8.81. The Morgan fingerprint density at radius 2 is 1.83 bits per heavy atom. The summed E-state index contributed by atoms with van der Waals surface area (Å²) < 4.78 is 2.99. The van der Waals surface area contributed by atoms with Crippen LogP contribution in [0.3, 0.4) is 0 Å². The predicted molar refractivity (Wildman–Crippen MR) is 108 cm³/mol. The van der Waals surface area contributed by atoms with E-state index >= 15 is 0 Å². The molecule has 0 atom stereocenters. The van der Waals surface area contributed by atoms with Crippen LogP contribution in [-0.4, -0.2) is 30.5 Å². The first-order valence-corrected chi connectivity index (χ1v) is 8.81. The third-order valence-electron chi connectivity index (χ3n) is 4.39. The van der Waals surface area contributed by atoms with Gasteiger partial charge in [-0.25, -0.2) is 4.68 Å². The molecule has 0 spiro atoms. The van der Waals surface area contributed by atoms with Crippen LogP contribution in [0.4, 0.5) is 5.69 Å². The van der Waals surface area contributed by atoms with E-state index in [1.54, 1.807) is 34.9 Å². The van der Waals surface area contributed by atoms with Crippen LogP contribution < -0.4 is 0 Å². The zero-order valence-electron chi connectivity index (χ0n) is 15.3. The van der Waals surface area contributed by atoms with Crippen molar-refractivity contribution in [1.82, 2.24) is 14.3 Å². The van der Waals surface area contributed by atoms with E-state index in [9.17, 15) is 15.0 Å². The third kappa shape index (κ3) is 3.27.